The van der Waals surface area contributed by atoms with Crippen molar-refractivity contribution in [2.24, 2.45) is 5.41 Å². The van der Waals surface area contributed by atoms with Crippen LogP contribution in [0.3, 0.4) is 0 Å². The standard InChI is InChI=1S/C13H22N4OS/c1-3-14-10-8-11(17-12(16-10)19-2)15-9-13(4-5-13)6-7-18/h8,18H,3-7,9H2,1-2H3,(H2,14,15,16,17). The molecule has 0 radical (unpaired) electrons. The van der Waals surface area contributed by atoms with Gasteiger partial charge in [-0.05, 0) is 37.9 Å². The number of hydrogen-bond donors (Lipinski definition) is 3. The molecule has 1 saturated carbocycles. The van der Waals surface area contributed by atoms with Crippen LogP contribution in [0.2, 0.25) is 0 Å². The molecule has 0 atom stereocenters. The van der Waals surface area contributed by atoms with Gasteiger partial charge in [0.2, 0.25) is 0 Å². The van der Waals surface area contributed by atoms with Crippen LogP contribution in [0.25, 0.3) is 0 Å². The number of aliphatic hydroxyl groups excluding tert-OH is 1. The third-order valence-electron chi connectivity index (χ3n) is 3.49. The highest BCUT2D eigenvalue weighted by atomic mass is 32.2. The predicted octanol–water partition coefficient (Wildman–Crippen LogP) is 2.20. The quantitative estimate of drug-likeness (QED) is 0.501. The molecule has 0 aliphatic heterocycles. The monoisotopic (exact) mass is 282 g/mol. The first-order chi connectivity index (χ1) is 9.21. The molecule has 106 valence electrons. The second-order valence-electron chi connectivity index (χ2n) is 4.98. The lowest BCUT2D eigenvalue weighted by Crippen LogP contribution is -2.18. The zero-order valence-electron chi connectivity index (χ0n) is 11.6. The van der Waals surface area contributed by atoms with Gasteiger partial charge < -0.3 is 15.7 Å². The minimum Gasteiger partial charge on any atom is -0.396 e. The Hall–Kier alpha value is -1.01. The van der Waals surface area contributed by atoms with E-state index in [2.05, 4.69) is 27.5 Å². The molecule has 2 rings (SSSR count). The number of nitrogens with one attached hydrogen (secondary N) is 2. The molecule has 1 aliphatic rings. The third-order valence-corrected chi connectivity index (χ3v) is 4.04. The van der Waals surface area contributed by atoms with Gasteiger partial charge in [-0.3, -0.25) is 0 Å². The summed E-state index contributed by atoms with van der Waals surface area (Å²) in [6.07, 6.45) is 5.24. The van der Waals surface area contributed by atoms with Crippen LogP contribution in [0, 0.1) is 5.41 Å². The topological polar surface area (TPSA) is 70.1 Å². The van der Waals surface area contributed by atoms with Gasteiger partial charge in [0.1, 0.15) is 11.6 Å². The van der Waals surface area contributed by atoms with Crippen LogP contribution in [-0.2, 0) is 0 Å². The van der Waals surface area contributed by atoms with Gasteiger partial charge >= 0.3 is 0 Å². The highest BCUT2D eigenvalue weighted by Gasteiger charge is 2.41. The summed E-state index contributed by atoms with van der Waals surface area (Å²) in [5, 5.41) is 16.4. The first kappa shape index (κ1) is 14.4. The molecule has 1 fully saturated rings. The van der Waals surface area contributed by atoms with Crippen LogP contribution < -0.4 is 10.6 Å². The van der Waals surface area contributed by atoms with E-state index in [1.807, 2.05) is 12.3 Å². The highest BCUT2D eigenvalue weighted by molar-refractivity contribution is 7.98. The number of aromatic nitrogens is 2. The lowest BCUT2D eigenvalue weighted by Gasteiger charge is -2.16. The van der Waals surface area contributed by atoms with Crippen LogP contribution in [-0.4, -0.2) is 41.0 Å². The van der Waals surface area contributed by atoms with E-state index in [1.165, 1.54) is 12.8 Å². The number of thioether (sulfide) groups is 1. The molecule has 1 aromatic rings. The summed E-state index contributed by atoms with van der Waals surface area (Å²) in [7, 11) is 0. The fourth-order valence-electron chi connectivity index (χ4n) is 2.09. The summed E-state index contributed by atoms with van der Waals surface area (Å²) in [5.41, 5.74) is 0.289. The summed E-state index contributed by atoms with van der Waals surface area (Å²) < 4.78 is 0. The number of aliphatic hydroxyl groups is 1. The Bertz CT molecular complexity index is 423. The van der Waals surface area contributed by atoms with Gasteiger partial charge in [-0.25, -0.2) is 9.97 Å². The Morgan fingerprint density at radius 1 is 1.32 bits per heavy atom. The largest absolute Gasteiger partial charge is 0.396 e. The molecule has 1 heterocycles. The molecule has 0 saturated heterocycles. The van der Waals surface area contributed by atoms with Crippen molar-refractivity contribution >= 4 is 23.4 Å². The van der Waals surface area contributed by atoms with Gasteiger partial charge in [-0.15, -0.1) is 0 Å². The van der Waals surface area contributed by atoms with Crippen molar-refractivity contribution in [1.29, 1.82) is 0 Å². The Morgan fingerprint density at radius 2 is 2.00 bits per heavy atom. The van der Waals surface area contributed by atoms with E-state index in [0.29, 0.717) is 0 Å². The van der Waals surface area contributed by atoms with Crippen LogP contribution in [0.4, 0.5) is 11.6 Å². The minimum absolute atomic E-state index is 0.268. The molecule has 1 aromatic heterocycles. The Morgan fingerprint density at radius 3 is 2.53 bits per heavy atom. The molecule has 0 bridgehead atoms. The Kier molecular flexibility index (Phi) is 4.87. The molecular formula is C13H22N4OS. The number of nitrogens with zero attached hydrogens (tertiary/aromatic N) is 2. The second-order valence-corrected chi connectivity index (χ2v) is 5.76. The lowest BCUT2D eigenvalue weighted by atomic mass is 10.0. The number of rotatable bonds is 8. The van der Waals surface area contributed by atoms with Crippen molar-refractivity contribution in [3.8, 4) is 0 Å². The van der Waals surface area contributed by atoms with Crippen LogP contribution >= 0.6 is 11.8 Å². The summed E-state index contributed by atoms with van der Waals surface area (Å²) >= 11 is 1.54. The molecule has 6 heteroatoms. The highest BCUT2D eigenvalue weighted by Crippen LogP contribution is 2.48. The maximum absolute atomic E-state index is 9.07. The molecule has 1 aliphatic carbocycles. The predicted molar refractivity (Wildman–Crippen MR) is 79.8 cm³/mol. The molecule has 0 unspecified atom stereocenters. The smallest absolute Gasteiger partial charge is 0.191 e. The van der Waals surface area contributed by atoms with Crippen LogP contribution in [0.15, 0.2) is 11.2 Å². The summed E-state index contributed by atoms with van der Waals surface area (Å²) in [4.78, 5) is 8.86. The molecule has 3 N–H and O–H groups in total. The first-order valence-corrected chi connectivity index (χ1v) is 7.95. The summed E-state index contributed by atoms with van der Waals surface area (Å²) in [6, 6.07) is 1.94. The Labute approximate surface area is 118 Å². The fraction of sp³-hybridized carbons (Fsp3) is 0.692. The van der Waals surface area contributed by atoms with Crippen molar-refractivity contribution in [3.05, 3.63) is 6.07 Å². The number of hydrogen-bond acceptors (Lipinski definition) is 6. The zero-order valence-corrected chi connectivity index (χ0v) is 12.4. The third kappa shape index (κ3) is 3.98. The summed E-state index contributed by atoms with van der Waals surface area (Å²) in [5.74, 6) is 1.72. The fourth-order valence-corrected chi connectivity index (χ4v) is 2.47. The lowest BCUT2D eigenvalue weighted by molar-refractivity contribution is 0.253. The van der Waals surface area contributed by atoms with E-state index in [1.54, 1.807) is 11.8 Å². The molecule has 0 spiro atoms. The summed E-state index contributed by atoms with van der Waals surface area (Å²) in [6.45, 7) is 4.04. The van der Waals surface area contributed by atoms with Crippen molar-refractivity contribution in [2.45, 2.75) is 31.3 Å². The van der Waals surface area contributed by atoms with Gasteiger partial charge in [0.15, 0.2) is 5.16 Å². The maximum atomic E-state index is 9.07. The normalized spacial score (nSPS) is 16.2. The van der Waals surface area contributed by atoms with Crippen molar-refractivity contribution in [3.63, 3.8) is 0 Å². The average Bonchev–Trinajstić information content (AvgIpc) is 3.17. The van der Waals surface area contributed by atoms with E-state index in [-0.39, 0.29) is 12.0 Å². The number of anilines is 2. The van der Waals surface area contributed by atoms with Crippen molar-refractivity contribution < 1.29 is 5.11 Å². The Balaban J connectivity index is 2.00. The zero-order chi connectivity index (χ0) is 13.7. The molecule has 19 heavy (non-hydrogen) atoms. The SMILES string of the molecule is CCNc1cc(NCC2(CCO)CC2)nc(SC)n1. The van der Waals surface area contributed by atoms with E-state index < -0.39 is 0 Å². The minimum atomic E-state index is 0.268. The van der Waals surface area contributed by atoms with E-state index >= 15 is 0 Å². The van der Waals surface area contributed by atoms with Crippen LogP contribution in [0.5, 0.6) is 0 Å². The van der Waals surface area contributed by atoms with Crippen molar-refractivity contribution in [1.82, 2.24) is 9.97 Å². The van der Waals surface area contributed by atoms with E-state index in [4.69, 9.17) is 5.11 Å². The van der Waals surface area contributed by atoms with Crippen LogP contribution in [0.1, 0.15) is 26.2 Å². The van der Waals surface area contributed by atoms with Gasteiger partial charge in [-0.1, -0.05) is 11.8 Å². The molecule has 0 amide bonds. The molecular weight excluding hydrogens is 260 g/mol. The van der Waals surface area contributed by atoms with Gasteiger partial charge in [0, 0.05) is 25.8 Å². The molecule has 0 aromatic carbocycles. The van der Waals surface area contributed by atoms with E-state index in [0.717, 1.165) is 36.3 Å². The first-order valence-electron chi connectivity index (χ1n) is 6.73. The molecule has 5 nitrogen and oxygen atoms in total. The van der Waals surface area contributed by atoms with E-state index in [9.17, 15) is 0 Å². The van der Waals surface area contributed by atoms with Crippen molar-refractivity contribution in [2.75, 3.05) is 36.6 Å². The second kappa shape index (κ2) is 6.43. The van der Waals surface area contributed by atoms with Gasteiger partial charge in [0.05, 0.1) is 0 Å². The average molecular weight is 282 g/mol. The van der Waals surface area contributed by atoms with Gasteiger partial charge in [-0.2, -0.15) is 0 Å². The van der Waals surface area contributed by atoms with Gasteiger partial charge in [0.25, 0.3) is 0 Å². The maximum Gasteiger partial charge on any atom is 0.191 e.